The number of carbonyl (C=O) groups is 2. The minimum Gasteiger partial charge on any atom is -0.481 e. The van der Waals surface area contributed by atoms with Gasteiger partial charge in [0.2, 0.25) is 0 Å². The zero-order chi connectivity index (χ0) is 26.3. The molecule has 0 radical (unpaired) electrons. The van der Waals surface area contributed by atoms with Gasteiger partial charge in [-0.1, -0.05) is 6.07 Å². The Kier molecular flexibility index (Phi) is 11.3. The zero-order valence-electron chi connectivity index (χ0n) is 19.2. The third-order valence-electron chi connectivity index (χ3n) is 4.98. The number of fused-ring (bicyclic) bond motifs is 1. The average Bonchev–Trinajstić information content (AvgIpc) is 3.13. The van der Waals surface area contributed by atoms with E-state index >= 15 is 0 Å². The Morgan fingerprint density at radius 1 is 1.09 bits per heavy atom. The van der Waals surface area contributed by atoms with Gasteiger partial charge in [-0.05, 0) is 46.2 Å². The van der Waals surface area contributed by atoms with E-state index in [2.05, 4.69) is 8.20 Å². The van der Waals surface area contributed by atoms with E-state index in [1.54, 1.807) is 39.8 Å². The maximum absolute atomic E-state index is 12.1. The number of halogens is 1. The molecule has 0 unspecified atom stereocenters. The number of carboxylic acids is 1. The molecular formula is C21H31IN2O10. The standard InChI is InChI=1S/C21H30N2O8.HIO2/c1-12(2)23(13(3)4)21(29,30)20(27,28)14-11-22-15-7-5-8-16(19(14)15)31-18(26)10-6-9-17(24)25;1-3-2/h5,7-8,11-13,22,27-30H,6,9-10H2,1-4H3,(H,24,25);2H. The van der Waals surface area contributed by atoms with Crippen LogP contribution in [-0.4, -0.2) is 70.6 Å². The fourth-order valence-electron chi connectivity index (χ4n) is 3.75. The molecule has 0 fully saturated rings. The van der Waals surface area contributed by atoms with Crippen molar-refractivity contribution in [3.63, 3.8) is 0 Å². The minimum atomic E-state index is -3.16. The van der Waals surface area contributed by atoms with Crippen molar-refractivity contribution in [3.8, 4) is 5.75 Å². The summed E-state index contributed by atoms with van der Waals surface area (Å²) in [4.78, 5) is 26.7. The summed E-state index contributed by atoms with van der Waals surface area (Å²) in [5, 5.41) is 59.3. The number of esters is 1. The number of hydrogen-bond donors (Lipinski definition) is 7. The Balaban J connectivity index is 0.00000182. The van der Waals surface area contributed by atoms with Crippen LogP contribution < -0.4 is 4.74 Å². The number of aliphatic hydroxyl groups is 4. The van der Waals surface area contributed by atoms with E-state index in [1.165, 1.54) is 35.3 Å². The van der Waals surface area contributed by atoms with Gasteiger partial charge in [-0.15, -0.1) is 0 Å². The van der Waals surface area contributed by atoms with E-state index in [4.69, 9.17) is 15.1 Å². The number of H-pyrrole nitrogens is 1. The second kappa shape index (κ2) is 12.7. The van der Waals surface area contributed by atoms with Crippen molar-refractivity contribution < 1.29 is 48.3 Å². The van der Waals surface area contributed by atoms with Crippen LogP contribution in [0.25, 0.3) is 10.9 Å². The summed E-state index contributed by atoms with van der Waals surface area (Å²) in [7, 11) is 0. The normalized spacial score (nSPS) is 12.3. The van der Waals surface area contributed by atoms with Gasteiger partial charge in [0, 0.05) is 42.2 Å². The van der Waals surface area contributed by atoms with Gasteiger partial charge < -0.3 is 35.3 Å². The average molecular weight is 598 g/mol. The van der Waals surface area contributed by atoms with Crippen molar-refractivity contribution >= 4 is 45.8 Å². The van der Waals surface area contributed by atoms with E-state index in [1.807, 2.05) is 0 Å². The molecule has 0 atom stereocenters. The van der Waals surface area contributed by atoms with E-state index in [9.17, 15) is 30.0 Å². The molecule has 1 aromatic carbocycles. The van der Waals surface area contributed by atoms with E-state index < -0.39 is 35.7 Å². The highest BCUT2D eigenvalue weighted by Crippen LogP contribution is 2.40. The maximum Gasteiger partial charge on any atom is 0.311 e. The number of aromatic amines is 1. The number of nitrogens with zero attached hydrogens (tertiary/aromatic N) is 1. The number of hydrogen-bond acceptors (Lipinski definition) is 10. The quantitative estimate of drug-likeness (QED) is 0.0529. The van der Waals surface area contributed by atoms with Crippen molar-refractivity contribution in [1.29, 1.82) is 0 Å². The molecule has 0 saturated carbocycles. The molecule has 12 nitrogen and oxygen atoms in total. The van der Waals surface area contributed by atoms with Gasteiger partial charge in [0.05, 0.1) is 5.39 Å². The van der Waals surface area contributed by atoms with Crippen LogP contribution in [0.5, 0.6) is 5.75 Å². The van der Waals surface area contributed by atoms with Crippen LogP contribution in [0, 0.1) is 0 Å². The third-order valence-corrected chi connectivity index (χ3v) is 4.98. The second-order valence-electron chi connectivity index (χ2n) is 8.07. The molecule has 0 aliphatic rings. The fourth-order valence-corrected chi connectivity index (χ4v) is 3.75. The van der Waals surface area contributed by atoms with Crippen LogP contribution in [0.1, 0.15) is 52.5 Å². The van der Waals surface area contributed by atoms with Gasteiger partial charge in [0.15, 0.2) is 23.0 Å². The predicted molar refractivity (Wildman–Crippen MR) is 129 cm³/mol. The van der Waals surface area contributed by atoms with Gasteiger partial charge in [-0.25, -0.2) is 10.2 Å². The Bertz CT molecular complexity index is 950. The van der Waals surface area contributed by atoms with E-state index in [0.29, 0.717) is 5.52 Å². The Labute approximate surface area is 210 Å². The molecule has 1 aromatic heterocycles. The lowest BCUT2D eigenvalue weighted by atomic mass is 9.98. The third kappa shape index (κ3) is 7.08. The SMILES string of the molecule is CC(C)N(C(C)C)C(O)(O)C(O)(O)c1c[nH]c2cccc(OC(=O)CCCC(=O)O)c12.OOI. The Morgan fingerprint density at radius 2 is 1.65 bits per heavy atom. The first-order valence-electron chi connectivity index (χ1n) is 10.3. The molecule has 0 aliphatic carbocycles. The van der Waals surface area contributed by atoms with Gasteiger partial charge in [0.1, 0.15) is 5.75 Å². The van der Waals surface area contributed by atoms with Crippen LogP contribution in [0.15, 0.2) is 24.4 Å². The highest BCUT2D eigenvalue weighted by atomic mass is 127. The van der Waals surface area contributed by atoms with Crippen molar-refractivity contribution in [1.82, 2.24) is 9.88 Å². The topological polar surface area (TPSA) is 193 Å². The summed E-state index contributed by atoms with van der Waals surface area (Å²) in [6, 6.07) is 3.67. The summed E-state index contributed by atoms with van der Waals surface area (Å²) >= 11 is 1.34. The number of ether oxygens (including phenoxy) is 1. The van der Waals surface area contributed by atoms with E-state index in [-0.39, 0.29) is 36.0 Å². The minimum absolute atomic E-state index is 0.0296. The summed E-state index contributed by atoms with van der Waals surface area (Å²) in [6.07, 6.45) is 0.946. The highest BCUT2D eigenvalue weighted by Gasteiger charge is 2.56. The molecule has 2 aromatic rings. The molecule has 0 bridgehead atoms. The molecule has 0 amide bonds. The lowest BCUT2D eigenvalue weighted by Crippen LogP contribution is -2.66. The molecule has 0 aliphatic heterocycles. The predicted octanol–water partition coefficient (Wildman–Crippen LogP) is 2.05. The van der Waals surface area contributed by atoms with Gasteiger partial charge in [-0.3, -0.25) is 9.59 Å². The smallest absolute Gasteiger partial charge is 0.311 e. The van der Waals surface area contributed by atoms with Crippen LogP contribution in [0.3, 0.4) is 0 Å². The first-order chi connectivity index (χ1) is 15.7. The summed E-state index contributed by atoms with van der Waals surface area (Å²) in [6.45, 7) is 6.71. The number of aliphatic carboxylic acids is 1. The molecule has 7 N–H and O–H groups in total. The molecule has 2 rings (SSSR count). The summed E-state index contributed by atoms with van der Waals surface area (Å²) in [5.41, 5.74) is 0.0718. The van der Waals surface area contributed by atoms with Crippen molar-refractivity contribution in [2.45, 2.75) is 70.7 Å². The molecule has 192 valence electrons. The van der Waals surface area contributed by atoms with Gasteiger partial charge in [0.25, 0.3) is 11.7 Å². The number of carboxylic acid groups (broad SMARTS) is 1. The molecule has 13 heteroatoms. The maximum atomic E-state index is 12.1. The zero-order valence-corrected chi connectivity index (χ0v) is 21.4. The Hall–Kier alpha value is -1.85. The monoisotopic (exact) mass is 598 g/mol. The highest BCUT2D eigenvalue weighted by molar-refractivity contribution is 14.1. The number of benzene rings is 1. The van der Waals surface area contributed by atoms with Crippen molar-refractivity contribution in [2.24, 2.45) is 0 Å². The van der Waals surface area contributed by atoms with Gasteiger partial charge in [-0.2, -0.15) is 3.22 Å². The molecule has 1 heterocycles. The first-order valence-corrected chi connectivity index (χ1v) is 11.2. The van der Waals surface area contributed by atoms with E-state index in [0.717, 1.165) is 4.90 Å². The summed E-state index contributed by atoms with van der Waals surface area (Å²) in [5.74, 6) is -8.00. The number of aromatic nitrogens is 1. The molecular weight excluding hydrogens is 567 g/mol. The molecule has 0 spiro atoms. The van der Waals surface area contributed by atoms with Crippen molar-refractivity contribution in [3.05, 3.63) is 30.0 Å². The fraction of sp³-hybridized carbons (Fsp3) is 0.524. The second-order valence-corrected chi connectivity index (χ2v) is 8.47. The molecule has 0 saturated heterocycles. The lowest BCUT2D eigenvalue weighted by molar-refractivity contribution is -0.429. The van der Waals surface area contributed by atoms with Crippen molar-refractivity contribution in [2.75, 3.05) is 0 Å². The lowest BCUT2D eigenvalue weighted by Gasteiger charge is -2.46. The number of carbonyl (C=O) groups excluding carboxylic acids is 1. The first kappa shape index (κ1) is 30.2. The largest absolute Gasteiger partial charge is 0.481 e. The van der Waals surface area contributed by atoms with Crippen LogP contribution >= 0.6 is 23.0 Å². The summed E-state index contributed by atoms with van der Waals surface area (Å²) < 4.78 is 8.54. The molecule has 34 heavy (non-hydrogen) atoms. The Morgan fingerprint density at radius 3 is 2.15 bits per heavy atom. The number of nitrogens with one attached hydrogen (secondary N) is 1. The number of rotatable bonds is 10. The van der Waals surface area contributed by atoms with Gasteiger partial charge >= 0.3 is 11.9 Å². The van der Waals surface area contributed by atoms with Crippen LogP contribution in [0.2, 0.25) is 0 Å². The van der Waals surface area contributed by atoms with Crippen LogP contribution in [-0.2, 0) is 18.6 Å². The van der Waals surface area contributed by atoms with Crippen LogP contribution in [0.4, 0.5) is 0 Å².